The van der Waals surface area contributed by atoms with Gasteiger partial charge in [-0.2, -0.15) is 10.2 Å². The number of piperazine rings is 1. The summed E-state index contributed by atoms with van der Waals surface area (Å²) < 4.78 is 16.5. The molecule has 8 nitrogen and oxygen atoms in total. The molecule has 0 unspecified atom stereocenters. The fourth-order valence-electron chi connectivity index (χ4n) is 3.48. The first kappa shape index (κ1) is 21.5. The molecule has 32 heavy (non-hydrogen) atoms. The van der Waals surface area contributed by atoms with Gasteiger partial charge < -0.3 is 23.7 Å². The number of amides is 1. The Hall–Kier alpha value is -3.77. The number of aromatic nitrogens is 1. The number of hydrogen-bond acceptors (Lipinski definition) is 8. The van der Waals surface area contributed by atoms with Crippen LogP contribution in [0.15, 0.2) is 40.1 Å². The summed E-state index contributed by atoms with van der Waals surface area (Å²) in [6.07, 6.45) is 3.54. The van der Waals surface area contributed by atoms with Crippen molar-refractivity contribution in [3.63, 3.8) is 0 Å². The number of ether oxygens (including phenoxy) is 2. The molecule has 1 saturated heterocycles. The summed E-state index contributed by atoms with van der Waals surface area (Å²) in [7, 11) is 3.17. The lowest BCUT2D eigenvalue weighted by Gasteiger charge is -2.34. The molecule has 3 aromatic rings. The minimum absolute atomic E-state index is 0.0382. The quantitative estimate of drug-likeness (QED) is 0.565. The predicted molar refractivity (Wildman–Crippen MR) is 122 cm³/mol. The molecule has 9 heteroatoms. The highest BCUT2D eigenvalue weighted by atomic mass is 32.1. The van der Waals surface area contributed by atoms with Crippen LogP contribution in [-0.2, 0) is 0 Å². The van der Waals surface area contributed by atoms with Crippen molar-refractivity contribution in [2.75, 3.05) is 45.3 Å². The van der Waals surface area contributed by atoms with Gasteiger partial charge in [0.15, 0.2) is 11.5 Å². The maximum Gasteiger partial charge on any atom is 0.264 e. The van der Waals surface area contributed by atoms with Gasteiger partial charge in [0.05, 0.1) is 19.1 Å². The third kappa shape index (κ3) is 4.45. The van der Waals surface area contributed by atoms with E-state index in [2.05, 4.69) is 11.1 Å². The van der Waals surface area contributed by atoms with Crippen molar-refractivity contribution in [2.45, 2.75) is 0 Å². The predicted octanol–water partition coefficient (Wildman–Crippen LogP) is 3.76. The number of hydrogen-bond donors (Lipinski definition) is 0. The average Bonchev–Trinajstić information content (AvgIpc) is 3.52. The lowest BCUT2D eigenvalue weighted by Crippen LogP contribution is -2.48. The van der Waals surface area contributed by atoms with E-state index in [9.17, 15) is 10.1 Å². The van der Waals surface area contributed by atoms with Crippen LogP contribution >= 0.6 is 11.3 Å². The third-order valence-corrected chi connectivity index (χ3v) is 6.00. The summed E-state index contributed by atoms with van der Waals surface area (Å²) in [6.45, 7) is 2.25. The maximum absolute atomic E-state index is 12.5. The van der Waals surface area contributed by atoms with Gasteiger partial charge in [0.1, 0.15) is 6.07 Å². The van der Waals surface area contributed by atoms with E-state index in [-0.39, 0.29) is 11.6 Å². The number of nitrogens with zero attached hydrogens (tertiary/aromatic N) is 4. The number of carbonyl (C=O) groups is 1. The Morgan fingerprint density at radius 2 is 1.94 bits per heavy atom. The minimum Gasteiger partial charge on any atom is -0.493 e. The molecule has 1 aromatic carbocycles. The van der Waals surface area contributed by atoms with E-state index in [1.54, 1.807) is 20.3 Å². The summed E-state index contributed by atoms with van der Waals surface area (Å²) in [5, 5.41) is 11.4. The van der Waals surface area contributed by atoms with E-state index < -0.39 is 0 Å². The highest BCUT2D eigenvalue weighted by molar-refractivity contribution is 7.12. The molecule has 0 saturated carbocycles. The van der Waals surface area contributed by atoms with Crippen molar-refractivity contribution in [1.29, 1.82) is 5.26 Å². The first-order valence-electron chi connectivity index (χ1n) is 10.0. The zero-order valence-corrected chi connectivity index (χ0v) is 18.6. The number of thiophene rings is 1. The number of benzene rings is 1. The zero-order valence-electron chi connectivity index (χ0n) is 17.8. The molecule has 1 amide bonds. The van der Waals surface area contributed by atoms with E-state index >= 15 is 0 Å². The Morgan fingerprint density at radius 1 is 1.16 bits per heavy atom. The molecule has 0 spiro atoms. The Bertz CT molecular complexity index is 1160. The van der Waals surface area contributed by atoms with E-state index in [4.69, 9.17) is 13.9 Å². The lowest BCUT2D eigenvalue weighted by atomic mass is 10.2. The number of methoxy groups -OCH3 is 2. The minimum atomic E-state index is 0.0382. The van der Waals surface area contributed by atoms with Crippen LogP contribution in [0.1, 0.15) is 26.8 Å². The van der Waals surface area contributed by atoms with E-state index in [1.165, 1.54) is 11.3 Å². The summed E-state index contributed by atoms with van der Waals surface area (Å²) in [6, 6.07) is 11.4. The number of oxazole rings is 1. The van der Waals surface area contributed by atoms with Crippen molar-refractivity contribution in [3.8, 4) is 17.6 Å². The summed E-state index contributed by atoms with van der Waals surface area (Å²) in [4.78, 5) is 21.4. The largest absolute Gasteiger partial charge is 0.493 e. The van der Waals surface area contributed by atoms with Crippen LogP contribution in [0.4, 0.5) is 5.88 Å². The Labute approximate surface area is 189 Å². The van der Waals surface area contributed by atoms with Gasteiger partial charge in [0.25, 0.3) is 5.91 Å². The molecule has 1 aliphatic heterocycles. The van der Waals surface area contributed by atoms with Crippen LogP contribution in [0, 0.1) is 11.3 Å². The summed E-state index contributed by atoms with van der Waals surface area (Å²) >= 11 is 1.44. The Kier molecular flexibility index (Phi) is 6.42. The second-order valence-electron chi connectivity index (χ2n) is 7.02. The highest BCUT2D eigenvalue weighted by Gasteiger charge is 2.26. The molecule has 0 bridgehead atoms. The molecule has 0 N–H and O–H groups in total. The fourth-order valence-corrected chi connectivity index (χ4v) is 4.17. The van der Waals surface area contributed by atoms with Gasteiger partial charge in [0, 0.05) is 32.3 Å². The fraction of sp³-hybridized carbons (Fsp3) is 0.261. The molecule has 164 valence electrons. The topological polar surface area (TPSA) is 91.8 Å². The second-order valence-corrected chi connectivity index (χ2v) is 7.97. The second kappa shape index (κ2) is 9.58. The van der Waals surface area contributed by atoms with Crippen molar-refractivity contribution in [3.05, 3.63) is 57.7 Å². The molecule has 0 aliphatic carbocycles. The van der Waals surface area contributed by atoms with E-state index in [0.717, 1.165) is 10.4 Å². The van der Waals surface area contributed by atoms with E-state index in [1.807, 2.05) is 51.6 Å². The molecule has 0 atom stereocenters. The van der Waals surface area contributed by atoms with Crippen LogP contribution < -0.4 is 14.4 Å². The van der Waals surface area contributed by atoms with Crippen molar-refractivity contribution in [1.82, 2.24) is 9.88 Å². The van der Waals surface area contributed by atoms with Crippen molar-refractivity contribution in [2.24, 2.45) is 0 Å². The smallest absolute Gasteiger partial charge is 0.264 e. The lowest BCUT2D eigenvalue weighted by molar-refractivity contribution is 0.0750. The maximum atomic E-state index is 12.5. The number of carbonyl (C=O) groups excluding carboxylic acids is 1. The van der Waals surface area contributed by atoms with Crippen molar-refractivity contribution >= 4 is 35.3 Å². The average molecular weight is 451 g/mol. The summed E-state index contributed by atoms with van der Waals surface area (Å²) in [5.74, 6) is 2.07. The first-order valence-corrected chi connectivity index (χ1v) is 10.9. The highest BCUT2D eigenvalue weighted by Crippen LogP contribution is 2.29. The van der Waals surface area contributed by atoms with Crippen LogP contribution in [0.2, 0.25) is 0 Å². The van der Waals surface area contributed by atoms with E-state index in [0.29, 0.717) is 49.5 Å². The molecule has 1 aliphatic rings. The van der Waals surface area contributed by atoms with Gasteiger partial charge in [-0.3, -0.25) is 4.79 Å². The molecular weight excluding hydrogens is 428 g/mol. The molecular formula is C23H22N4O4S. The molecule has 4 rings (SSSR count). The molecule has 0 radical (unpaired) electrons. The van der Waals surface area contributed by atoms with Crippen LogP contribution in [0.3, 0.4) is 0 Å². The van der Waals surface area contributed by atoms with Crippen LogP contribution in [0.25, 0.3) is 12.2 Å². The number of rotatable bonds is 6. The van der Waals surface area contributed by atoms with Gasteiger partial charge in [-0.1, -0.05) is 12.1 Å². The van der Waals surface area contributed by atoms with Crippen LogP contribution in [-0.4, -0.2) is 56.2 Å². The monoisotopic (exact) mass is 450 g/mol. The van der Waals surface area contributed by atoms with Gasteiger partial charge >= 0.3 is 0 Å². The SMILES string of the molecule is COc1ccc(C=Cc2nc(C#N)c(N3CCN(C(=O)c4cccs4)CC3)o2)cc1OC. The van der Waals surface area contributed by atoms with Gasteiger partial charge in [-0.15, -0.1) is 11.3 Å². The normalized spacial score (nSPS) is 13.9. The van der Waals surface area contributed by atoms with Gasteiger partial charge in [-0.25, -0.2) is 0 Å². The van der Waals surface area contributed by atoms with Crippen molar-refractivity contribution < 1.29 is 18.7 Å². The zero-order chi connectivity index (χ0) is 22.5. The Balaban J connectivity index is 1.45. The van der Waals surface area contributed by atoms with Crippen LogP contribution in [0.5, 0.6) is 11.5 Å². The Morgan fingerprint density at radius 3 is 2.59 bits per heavy atom. The number of nitriles is 1. The molecule has 3 heterocycles. The first-order chi connectivity index (χ1) is 15.6. The standard InChI is InChI=1S/C23H22N4O4S/c1-29-18-7-5-16(14-19(18)30-2)6-8-21-25-17(15-24)23(31-21)27-11-9-26(10-12-27)22(28)20-4-3-13-32-20/h3-8,13-14H,9-12H2,1-2H3. The molecule has 1 fully saturated rings. The molecule has 2 aromatic heterocycles. The van der Waals surface area contributed by atoms with Gasteiger partial charge in [0.2, 0.25) is 17.5 Å². The third-order valence-electron chi connectivity index (χ3n) is 5.14. The summed E-state index contributed by atoms with van der Waals surface area (Å²) in [5.41, 5.74) is 1.11. The number of anilines is 1. The van der Waals surface area contributed by atoms with Gasteiger partial charge in [-0.05, 0) is 35.2 Å².